The van der Waals surface area contributed by atoms with Gasteiger partial charge in [-0.15, -0.1) is 0 Å². The lowest BCUT2D eigenvalue weighted by molar-refractivity contribution is 0.679. The lowest BCUT2D eigenvalue weighted by atomic mass is 10.2. The second kappa shape index (κ2) is 5.49. The minimum Gasteiger partial charge on any atom is -0.369 e. The minimum absolute atomic E-state index is 0.733. The number of nitrogens with zero attached hydrogens (tertiary/aromatic N) is 2. The van der Waals surface area contributed by atoms with Crippen molar-refractivity contribution in [3.05, 3.63) is 24.0 Å². The highest BCUT2D eigenvalue weighted by atomic mass is 32.2. The lowest BCUT2D eigenvalue weighted by Gasteiger charge is -2.33. The van der Waals surface area contributed by atoms with E-state index in [1.54, 1.807) is 0 Å². The first-order chi connectivity index (χ1) is 8.83. The maximum absolute atomic E-state index is 4.29. The van der Waals surface area contributed by atoms with E-state index in [9.17, 15) is 0 Å². The zero-order valence-corrected chi connectivity index (χ0v) is 11.7. The smallest absolute Gasteiger partial charge is 0.0443 e. The van der Waals surface area contributed by atoms with Crippen molar-refractivity contribution in [1.29, 1.82) is 0 Å². The van der Waals surface area contributed by atoms with E-state index in [1.807, 2.05) is 12.4 Å². The van der Waals surface area contributed by atoms with E-state index in [0.29, 0.717) is 0 Å². The van der Waals surface area contributed by atoms with Crippen molar-refractivity contribution in [2.45, 2.75) is 37.6 Å². The van der Waals surface area contributed by atoms with Crippen molar-refractivity contribution in [1.82, 2.24) is 10.3 Å². The molecule has 2 aliphatic rings. The summed E-state index contributed by atoms with van der Waals surface area (Å²) in [5, 5.41) is 4.32. The van der Waals surface area contributed by atoms with E-state index in [2.05, 4.69) is 40.0 Å². The van der Waals surface area contributed by atoms with Crippen molar-refractivity contribution in [3.63, 3.8) is 0 Å². The van der Waals surface area contributed by atoms with Gasteiger partial charge >= 0.3 is 0 Å². The van der Waals surface area contributed by atoms with Gasteiger partial charge in [0.15, 0.2) is 0 Å². The first-order valence-electron chi connectivity index (χ1n) is 6.86. The van der Waals surface area contributed by atoms with Crippen molar-refractivity contribution >= 4 is 17.4 Å². The van der Waals surface area contributed by atoms with Crippen LogP contribution in [0, 0.1) is 0 Å². The van der Waals surface area contributed by atoms with Gasteiger partial charge in [0, 0.05) is 60.3 Å². The van der Waals surface area contributed by atoms with Crippen LogP contribution in [-0.2, 0) is 6.54 Å². The molecular weight excluding hydrogens is 242 g/mol. The molecule has 1 saturated carbocycles. The number of hydrogen-bond donors (Lipinski definition) is 1. The molecule has 0 spiro atoms. The van der Waals surface area contributed by atoms with Gasteiger partial charge in [-0.2, -0.15) is 11.8 Å². The predicted octanol–water partition coefficient (Wildman–Crippen LogP) is 2.28. The maximum atomic E-state index is 4.29. The summed E-state index contributed by atoms with van der Waals surface area (Å²) in [6.07, 6.45) is 6.62. The van der Waals surface area contributed by atoms with Crippen LogP contribution in [0.3, 0.4) is 0 Å². The number of hydrogen-bond acceptors (Lipinski definition) is 4. The molecule has 2 heterocycles. The Morgan fingerprint density at radius 3 is 3.17 bits per heavy atom. The van der Waals surface area contributed by atoms with Crippen LogP contribution < -0.4 is 10.2 Å². The van der Waals surface area contributed by atoms with Crippen molar-refractivity contribution in [2.75, 3.05) is 23.7 Å². The fourth-order valence-electron chi connectivity index (χ4n) is 2.44. The molecule has 1 aromatic heterocycles. The van der Waals surface area contributed by atoms with Gasteiger partial charge in [-0.1, -0.05) is 6.92 Å². The van der Waals surface area contributed by atoms with E-state index in [0.717, 1.165) is 30.9 Å². The summed E-state index contributed by atoms with van der Waals surface area (Å²) in [4.78, 5) is 6.81. The van der Waals surface area contributed by atoms with Crippen LogP contribution in [0.2, 0.25) is 0 Å². The Bertz CT molecular complexity index is 406. The zero-order valence-electron chi connectivity index (χ0n) is 10.9. The molecule has 18 heavy (non-hydrogen) atoms. The summed E-state index contributed by atoms with van der Waals surface area (Å²) < 4.78 is 0. The third kappa shape index (κ3) is 2.98. The number of thioether (sulfide) groups is 1. The molecule has 4 heteroatoms. The van der Waals surface area contributed by atoms with E-state index in [1.165, 1.54) is 29.8 Å². The van der Waals surface area contributed by atoms with Gasteiger partial charge < -0.3 is 10.2 Å². The molecule has 1 unspecified atom stereocenters. The monoisotopic (exact) mass is 263 g/mol. The average molecular weight is 263 g/mol. The Morgan fingerprint density at radius 2 is 2.39 bits per heavy atom. The standard InChI is InChI=1S/C14H21N3S/c1-11-10-17(6-7-18-11)14-4-5-15-8-12(14)9-16-13-2-3-13/h4-5,8,11,13,16H,2-3,6-7,9-10H2,1H3. The number of nitrogens with one attached hydrogen (secondary N) is 1. The molecule has 3 nitrogen and oxygen atoms in total. The Kier molecular flexibility index (Phi) is 3.75. The zero-order chi connectivity index (χ0) is 12.4. The number of aromatic nitrogens is 1. The first-order valence-corrected chi connectivity index (χ1v) is 7.90. The van der Waals surface area contributed by atoms with Crippen LogP contribution in [0.1, 0.15) is 25.3 Å². The highest BCUT2D eigenvalue weighted by Crippen LogP contribution is 2.27. The van der Waals surface area contributed by atoms with Gasteiger partial charge in [-0.3, -0.25) is 4.98 Å². The van der Waals surface area contributed by atoms with Crippen LogP contribution in [0.5, 0.6) is 0 Å². The van der Waals surface area contributed by atoms with Crippen LogP contribution >= 0.6 is 11.8 Å². The highest BCUT2D eigenvalue weighted by molar-refractivity contribution is 8.00. The van der Waals surface area contributed by atoms with Crippen LogP contribution in [0.4, 0.5) is 5.69 Å². The molecule has 0 aromatic carbocycles. The molecule has 1 aliphatic carbocycles. The molecule has 1 aromatic rings. The topological polar surface area (TPSA) is 28.2 Å². The van der Waals surface area contributed by atoms with Gasteiger partial charge in [-0.05, 0) is 18.9 Å². The quantitative estimate of drug-likeness (QED) is 0.902. The molecular formula is C14H21N3S. The van der Waals surface area contributed by atoms with E-state index in [-0.39, 0.29) is 0 Å². The summed E-state index contributed by atoms with van der Waals surface area (Å²) >= 11 is 2.08. The summed E-state index contributed by atoms with van der Waals surface area (Å²) in [6, 6.07) is 2.93. The van der Waals surface area contributed by atoms with Gasteiger partial charge in [0.2, 0.25) is 0 Å². The lowest BCUT2D eigenvalue weighted by Crippen LogP contribution is -2.37. The first kappa shape index (κ1) is 12.3. The molecule has 1 saturated heterocycles. The highest BCUT2D eigenvalue weighted by Gasteiger charge is 2.22. The molecule has 0 radical (unpaired) electrons. The fraction of sp³-hybridized carbons (Fsp3) is 0.643. The van der Waals surface area contributed by atoms with E-state index < -0.39 is 0 Å². The molecule has 1 aliphatic heterocycles. The van der Waals surface area contributed by atoms with Gasteiger partial charge in [0.1, 0.15) is 0 Å². The Morgan fingerprint density at radius 1 is 1.50 bits per heavy atom. The minimum atomic E-state index is 0.733. The third-order valence-electron chi connectivity index (χ3n) is 3.62. The maximum Gasteiger partial charge on any atom is 0.0443 e. The fourth-order valence-corrected chi connectivity index (χ4v) is 3.46. The van der Waals surface area contributed by atoms with Gasteiger partial charge in [0.05, 0.1) is 0 Å². The molecule has 3 rings (SSSR count). The SMILES string of the molecule is CC1CN(c2ccncc2CNC2CC2)CCS1. The predicted molar refractivity (Wildman–Crippen MR) is 78.2 cm³/mol. The number of anilines is 1. The number of pyridine rings is 1. The second-order valence-corrected chi connectivity index (χ2v) is 6.83. The number of rotatable bonds is 4. The largest absolute Gasteiger partial charge is 0.369 e. The van der Waals surface area contributed by atoms with Crippen LogP contribution in [0.15, 0.2) is 18.5 Å². The molecule has 98 valence electrons. The Labute approximate surface area is 113 Å². The summed E-state index contributed by atoms with van der Waals surface area (Å²) in [5.74, 6) is 1.24. The van der Waals surface area contributed by atoms with Crippen LogP contribution in [0.25, 0.3) is 0 Å². The summed E-state index contributed by atoms with van der Waals surface area (Å²) in [5.41, 5.74) is 2.73. The van der Waals surface area contributed by atoms with E-state index in [4.69, 9.17) is 0 Å². The average Bonchev–Trinajstić information content (AvgIpc) is 3.21. The van der Waals surface area contributed by atoms with Crippen molar-refractivity contribution in [3.8, 4) is 0 Å². The van der Waals surface area contributed by atoms with Gasteiger partial charge in [0.25, 0.3) is 0 Å². The summed E-state index contributed by atoms with van der Waals surface area (Å²) in [6.45, 7) is 5.60. The van der Waals surface area contributed by atoms with Crippen LogP contribution in [-0.4, -0.2) is 35.1 Å². The van der Waals surface area contributed by atoms with Crippen molar-refractivity contribution in [2.24, 2.45) is 0 Å². The third-order valence-corrected chi connectivity index (χ3v) is 4.75. The van der Waals surface area contributed by atoms with Crippen molar-refractivity contribution < 1.29 is 0 Å². The molecule has 0 amide bonds. The summed E-state index contributed by atoms with van der Waals surface area (Å²) in [7, 11) is 0. The van der Waals surface area contributed by atoms with E-state index >= 15 is 0 Å². The Balaban J connectivity index is 1.72. The molecule has 1 atom stereocenters. The second-order valence-electron chi connectivity index (χ2n) is 5.29. The Hall–Kier alpha value is -0.740. The molecule has 0 bridgehead atoms. The normalized spacial score (nSPS) is 24.3. The van der Waals surface area contributed by atoms with Gasteiger partial charge in [-0.25, -0.2) is 0 Å². The molecule has 2 fully saturated rings. The molecule has 1 N–H and O–H groups in total.